The van der Waals surface area contributed by atoms with Gasteiger partial charge in [0.2, 0.25) is 6.79 Å². The van der Waals surface area contributed by atoms with E-state index >= 15 is 0 Å². The summed E-state index contributed by atoms with van der Waals surface area (Å²) < 4.78 is 20.9. The third-order valence-electron chi connectivity index (χ3n) is 2.59. The molecule has 0 fully saturated rings. The maximum atomic E-state index is 5.45. The summed E-state index contributed by atoms with van der Waals surface area (Å²) in [5.41, 5.74) is 1.01. The van der Waals surface area contributed by atoms with Crippen molar-refractivity contribution in [2.45, 2.75) is 6.42 Å². The van der Waals surface area contributed by atoms with E-state index in [4.69, 9.17) is 18.9 Å². The fourth-order valence-electron chi connectivity index (χ4n) is 1.68. The Morgan fingerprint density at radius 1 is 1.17 bits per heavy atom. The molecule has 0 unspecified atom stereocenters. The van der Waals surface area contributed by atoms with Crippen LogP contribution in [-0.2, 0) is 9.47 Å². The molecule has 0 spiro atoms. The molecular formula is C13H19NO4. The Balaban J connectivity index is 1.62. The molecule has 0 saturated heterocycles. The van der Waals surface area contributed by atoms with Crippen molar-refractivity contribution in [1.82, 2.24) is 0 Å². The average Bonchev–Trinajstić information content (AvgIpc) is 2.85. The molecule has 5 heteroatoms. The van der Waals surface area contributed by atoms with Gasteiger partial charge in [0, 0.05) is 38.6 Å². The molecule has 1 heterocycles. The molecule has 1 aromatic carbocycles. The maximum absolute atomic E-state index is 5.45. The van der Waals surface area contributed by atoms with E-state index in [1.165, 1.54) is 0 Å². The highest BCUT2D eigenvalue weighted by Crippen LogP contribution is 2.34. The van der Waals surface area contributed by atoms with Gasteiger partial charge < -0.3 is 24.3 Å². The molecule has 0 atom stereocenters. The van der Waals surface area contributed by atoms with Crippen LogP contribution in [0.15, 0.2) is 18.2 Å². The monoisotopic (exact) mass is 253 g/mol. The Labute approximate surface area is 107 Å². The Bertz CT molecular complexity index is 370. The molecule has 1 aromatic rings. The highest BCUT2D eigenvalue weighted by molar-refractivity contribution is 5.55. The van der Waals surface area contributed by atoms with Gasteiger partial charge in [0.25, 0.3) is 0 Å². The first-order chi connectivity index (χ1) is 8.90. The number of anilines is 1. The zero-order valence-electron chi connectivity index (χ0n) is 10.6. The van der Waals surface area contributed by atoms with Crippen molar-refractivity contribution in [3.05, 3.63) is 18.2 Å². The summed E-state index contributed by atoms with van der Waals surface area (Å²) in [5.74, 6) is 1.59. The van der Waals surface area contributed by atoms with E-state index in [0.29, 0.717) is 13.4 Å². The van der Waals surface area contributed by atoms with Gasteiger partial charge in [0.15, 0.2) is 11.5 Å². The van der Waals surface area contributed by atoms with E-state index in [9.17, 15) is 0 Å². The minimum Gasteiger partial charge on any atom is -0.454 e. The molecule has 5 nitrogen and oxygen atoms in total. The van der Waals surface area contributed by atoms with Gasteiger partial charge in [-0.25, -0.2) is 0 Å². The van der Waals surface area contributed by atoms with Crippen LogP contribution in [-0.4, -0.2) is 40.3 Å². The van der Waals surface area contributed by atoms with Crippen LogP contribution in [0.3, 0.4) is 0 Å². The fraction of sp³-hybridized carbons (Fsp3) is 0.538. The highest BCUT2D eigenvalue weighted by Gasteiger charge is 2.12. The quantitative estimate of drug-likeness (QED) is 0.717. The molecular weight excluding hydrogens is 234 g/mol. The van der Waals surface area contributed by atoms with Gasteiger partial charge >= 0.3 is 0 Å². The van der Waals surface area contributed by atoms with E-state index in [-0.39, 0.29) is 0 Å². The normalized spacial score (nSPS) is 12.7. The Morgan fingerprint density at radius 2 is 2.06 bits per heavy atom. The lowest BCUT2D eigenvalue weighted by molar-refractivity contribution is 0.109. The van der Waals surface area contributed by atoms with E-state index in [1.54, 1.807) is 7.11 Å². The van der Waals surface area contributed by atoms with Crippen LogP contribution in [0.25, 0.3) is 0 Å². The van der Waals surface area contributed by atoms with Crippen LogP contribution in [0, 0.1) is 0 Å². The largest absolute Gasteiger partial charge is 0.454 e. The SMILES string of the molecule is COCCCOCCNc1ccc2c(c1)OCO2. The van der Waals surface area contributed by atoms with E-state index in [1.807, 2.05) is 18.2 Å². The summed E-state index contributed by atoms with van der Waals surface area (Å²) in [7, 11) is 1.70. The van der Waals surface area contributed by atoms with E-state index < -0.39 is 0 Å². The third kappa shape index (κ3) is 3.78. The van der Waals surface area contributed by atoms with Crippen LogP contribution in [0.2, 0.25) is 0 Å². The minimum absolute atomic E-state index is 0.307. The van der Waals surface area contributed by atoms with Gasteiger partial charge in [0.05, 0.1) is 6.61 Å². The van der Waals surface area contributed by atoms with Gasteiger partial charge in [-0.1, -0.05) is 0 Å². The summed E-state index contributed by atoms with van der Waals surface area (Å²) >= 11 is 0. The number of methoxy groups -OCH3 is 1. The van der Waals surface area contributed by atoms with Crippen molar-refractivity contribution in [2.75, 3.05) is 45.6 Å². The Kier molecular flexibility index (Phi) is 5.11. The second-order valence-corrected chi connectivity index (χ2v) is 3.95. The summed E-state index contributed by atoms with van der Waals surface area (Å²) in [6.07, 6.45) is 0.931. The summed E-state index contributed by atoms with van der Waals surface area (Å²) in [5, 5.41) is 3.27. The van der Waals surface area contributed by atoms with Gasteiger partial charge in [0.1, 0.15) is 0 Å². The molecule has 0 radical (unpaired) electrons. The number of hydrogen-bond donors (Lipinski definition) is 1. The van der Waals surface area contributed by atoms with Crippen molar-refractivity contribution >= 4 is 5.69 Å². The lowest BCUT2D eigenvalue weighted by Gasteiger charge is -2.08. The number of ether oxygens (including phenoxy) is 4. The molecule has 0 aromatic heterocycles. The molecule has 0 aliphatic carbocycles. The highest BCUT2D eigenvalue weighted by atomic mass is 16.7. The van der Waals surface area contributed by atoms with Crippen molar-refractivity contribution in [2.24, 2.45) is 0 Å². The van der Waals surface area contributed by atoms with E-state index in [2.05, 4.69) is 5.32 Å². The Morgan fingerprint density at radius 3 is 2.94 bits per heavy atom. The number of fused-ring (bicyclic) bond motifs is 1. The summed E-state index contributed by atoms with van der Waals surface area (Å²) in [6, 6.07) is 5.82. The number of benzene rings is 1. The molecule has 1 N–H and O–H groups in total. The van der Waals surface area contributed by atoms with Crippen molar-refractivity contribution in [1.29, 1.82) is 0 Å². The molecule has 0 bridgehead atoms. The standard InChI is InChI=1S/C13H19NO4/c1-15-6-2-7-16-8-5-14-11-3-4-12-13(9-11)18-10-17-12/h3-4,9,14H,2,5-8,10H2,1H3. The number of rotatable bonds is 8. The second kappa shape index (κ2) is 7.08. The first kappa shape index (κ1) is 13.0. The van der Waals surface area contributed by atoms with Crippen LogP contribution in [0.1, 0.15) is 6.42 Å². The average molecular weight is 253 g/mol. The number of hydrogen-bond acceptors (Lipinski definition) is 5. The van der Waals surface area contributed by atoms with Gasteiger partial charge in [-0.05, 0) is 18.6 Å². The van der Waals surface area contributed by atoms with Crippen LogP contribution in [0.5, 0.6) is 11.5 Å². The fourth-order valence-corrected chi connectivity index (χ4v) is 1.68. The van der Waals surface area contributed by atoms with Crippen molar-refractivity contribution < 1.29 is 18.9 Å². The predicted molar refractivity (Wildman–Crippen MR) is 68.4 cm³/mol. The minimum atomic E-state index is 0.307. The number of nitrogens with one attached hydrogen (secondary N) is 1. The molecule has 1 aliphatic rings. The smallest absolute Gasteiger partial charge is 0.231 e. The molecule has 0 saturated carbocycles. The van der Waals surface area contributed by atoms with Crippen molar-refractivity contribution in [3.63, 3.8) is 0 Å². The summed E-state index contributed by atoms with van der Waals surface area (Å²) in [4.78, 5) is 0. The third-order valence-corrected chi connectivity index (χ3v) is 2.59. The van der Waals surface area contributed by atoms with Gasteiger partial charge in [-0.2, -0.15) is 0 Å². The molecule has 18 heavy (non-hydrogen) atoms. The van der Waals surface area contributed by atoms with Crippen LogP contribution < -0.4 is 14.8 Å². The molecule has 0 amide bonds. The Hall–Kier alpha value is -1.46. The van der Waals surface area contributed by atoms with E-state index in [0.717, 1.165) is 43.4 Å². The van der Waals surface area contributed by atoms with Crippen LogP contribution >= 0.6 is 0 Å². The van der Waals surface area contributed by atoms with Gasteiger partial charge in [-0.3, -0.25) is 0 Å². The zero-order valence-corrected chi connectivity index (χ0v) is 10.6. The first-order valence-electron chi connectivity index (χ1n) is 6.10. The molecule has 100 valence electrons. The van der Waals surface area contributed by atoms with Crippen molar-refractivity contribution in [3.8, 4) is 11.5 Å². The lowest BCUT2D eigenvalue weighted by Crippen LogP contribution is -2.10. The zero-order chi connectivity index (χ0) is 12.6. The topological polar surface area (TPSA) is 49.0 Å². The second-order valence-electron chi connectivity index (χ2n) is 3.95. The maximum Gasteiger partial charge on any atom is 0.231 e. The lowest BCUT2D eigenvalue weighted by atomic mass is 10.3. The predicted octanol–water partition coefficient (Wildman–Crippen LogP) is 1.88. The molecule has 2 rings (SSSR count). The van der Waals surface area contributed by atoms with Crippen LogP contribution in [0.4, 0.5) is 5.69 Å². The molecule has 1 aliphatic heterocycles. The first-order valence-corrected chi connectivity index (χ1v) is 6.10. The summed E-state index contributed by atoms with van der Waals surface area (Å²) in [6.45, 7) is 3.23. The van der Waals surface area contributed by atoms with Gasteiger partial charge in [-0.15, -0.1) is 0 Å².